The van der Waals surface area contributed by atoms with Crippen molar-refractivity contribution in [3.63, 3.8) is 0 Å². The second-order valence-corrected chi connectivity index (χ2v) is 4.98. The number of piperazine rings is 1. The molecule has 2 saturated heterocycles. The van der Waals surface area contributed by atoms with E-state index in [1.165, 1.54) is 25.6 Å². The highest BCUT2D eigenvalue weighted by Crippen LogP contribution is 2.27. The first-order valence-electron chi connectivity index (χ1n) is 6.42. The van der Waals surface area contributed by atoms with E-state index in [0.717, 1.165) is 25.3 Å². The lowest BCUT2D eigenvalue weighted by Gasteiger charge is -2.39. The van der Waals surface area contributed by atoms with Gasteiger partial charge in [-0.2, -0.15) is 0 Å². The van der Waals surface area contributed by atoms with Crippen molar-refractivity contribution < 1.29 is 9.90 Å². The van der Waals surface area contributed by atoms with E-state index in [1.807, 2.05) is 6.07 Å². The number of fused-ring (bicyclic) bond motifs is 1. The first-order chi connectivity index (χ1) is 8.75. The molecule has 0 bridgehead atoms. The maximum atomic E-state index is 11.2. The molecule has 5 nitrogen and oxygen atoms in total. The average molecular weight is 247 g/mol. The lowest BCUT2D eigenvalue weighted by molar-refractivity contribution is 0.0696. The highest BCUT2D eigenvalue weighted by Gasteiger charge is 2.31. The van der Waals surface area contributed by atoms with Crippen molar-refractivity contribution in [2.75, 3.05) is 31.1 Å². The number of hydrogen-bond acceptors (Lipinski definition) is 4. The molecule has 1 aromatic rings. The van der Waals surface area contributed by atoms with Gasteiger partial charge in [0.2, 0.25) is 0 Å². The summed E-state index contributed by atoms with van der Waals surface area (Å²) in [5.74, 6) is -0.896. The molecule has 0 amide bonds. The molecule has 2 aliphatic heterocycles. The van der Waals surface area contributed by atoms with E-state index in [1.54, 1.807) is 6.20 Å². The molecule has 0 aromatic carbocycles. The summed E-state index contributed by atoms with van der Waals surface area (Å²) in [6, 6.07) is 2.40. The van der Waals surface area contributed by atoms with Crippen molar-refractivity contribution >= 4 is 11.7 Å². The third-order valence-electron chi connectivity index (χ3n) is 3.96. The standard InChI is InChI=1S/C13H17N3O2/c17-13(18)11-8-14-4-3-12(11)16-7-6-15-5-1-2-10(15)9-16/h3-4,8,10H,1-2,5-7,9H2,(H,17,18). The highest BCUT2D eigenvalue weighted by atomic mass is 16.4. The summed E-state index contributed by atoms with van der Waals surface area (Å²) in [6.07, 6.45) is 5.60. The molecule has 1 aromatic heterocycles. The van der Waals surface area contributed by atoms with Gasteiger partial charge in [0.25, 0.3) is 0 Å². The Morgan fingerprint density at radius 3 is 3.11 bits per heavy atom. The summed E-state index contributed by atoms with van der Waals surface area (Å²) in [7, 11) is 0. The van der Waals surface area contributed by atoms with Gasteiger partial charge in [-0.3, -0.25) is 9.88 Å². The van der Waals surface area contributed by atoms with Gasteiger partial charge in [0.05, 0.1) is 5.69 Å². The zero-order chi connectivity index (χ0) is 12.5. The minimum Gasteiger partial charge on any atom is -0.478 e. The minimum atomic E-state index is -0.896. The molecule has 0 saturated carbocycles. The van der Waals surface area contributed by atoms with E-state index < -0.39 is 5.97 Å². The third kappa shape index (κ3) is 1.95. The number of nitrogens with zero attached hydrogens (tertiary/aromatic N) is 3. The SMILES string of the molecule is O=C(O)c1cnccc1N1CCN2CCCC2C1. The van der Waals surface area contributed by atoms with Crippen LogP contribution in [-0.2, 0) is 0 Å². The fraction of sp³-hybridized carbons (Fsp3) is 0.538. The summed E-state index contributed by atoms with van der Waals surface area (Å²) < 4.78 is 0. The molecule has 96 valence electrons. The maximum Gasteiger partial charge on any atom is 0.339 e. The number of rotatable bonds is 2. The van der Waals surface area contributed by atoms with E-state index in [4.69, 9.17) is 0 Å². The number of pyridine rings is 1. The Labute approximate surface area is 106 Å². The summed E-state index contributed by atoms with van der Waals surface area (Å²) in [4.78, 5) is 19.8. The highest BCUT2D eigenvalue weighted by molar-refractivity contribution is 5.94. The average Bonchev–Trinajstić information content (AvgIpc) is 2.85. The van der Waals surface area contributed by atoms with Crippen molar-refractivity contribution in [3.8, 4) is 0 Å². The Kier molecular flexibility index (Phi) is 2.91. The molecule has 1 atom stereocenters. The first-order valence-corrected chi connectivity index (χ1v) is 6.42. The summed E-state index contributed by atoms with van der Waals surface area (Å²) in [5, 5.41) is 9.21. The van der Waals surface area contributed by atoms with Gasteiger partial charge in [0, 0.05) is 38.1 Å². The van der Waals surface area contributed by atoms with Crippen LogP contribution in [-0.4, -0.2) is 53.2 Å². The monoisotopic (exact) mass is 247 g/mol. The summed E-state index contributed by atoms with van der Waals surface area (Å²) in [5.41, 5.74) is 1.12. The zero-order valence-corrected chi connectivity index (χ0v) is 10.2. The van der Waals surface area contributed by atoms with Crippen molar-refractivity contribution in [3.05, 3.63) is 24.0 Å². The number of anilines is 1. The molecule has 18 heavy (non-hydrogen) atoms. The maximum absolute atomic E-state index is 11.2. The van der Waals surface area contributed by atoms with Crippen LogP contribution in [0, 0.1) is 0 Å². The Morgan fingerprint density at radius 1 is 1.39 bits per heavy atom. The number of aromatic carboxylic acids is 1. The Bertz CT molecular complexity index is 463. The summed E-state index contributed by atoms with van der Waals surface area (Å²) in [6.45, 7) is 4.07. The molecule has 1 unspecified atom stereocenters. The number of hydrogen-bond donors (Lipinski definition) is 1. The van der Waals surface area contributed by atoms with Gasteiger partial charge < -0.3 is 10.0 Å². The third-order valence-corrected chi connectivity index (χ3v) is 3.96. The van der Waals surface area contributed by atoms with Crippen molar-refractivity contribution in [2.24, 2.45) is 0 Å². The molecule has 3 rings (SSSR count). The van der Waals surface area contributed by atoms with Gasteiger partial charge in [-0.1, -0.05) is 0 Å². The van der Waals surface area contributed by atoms with Gasteiger partial charge in [0.1, 0.15) is 5.56 Å². The molecule has 0 radical (unpaired) electrons. The number of carboxylic acids is 1. The van der Waals surface area contributed by atoms with Crippen LogP contribution in [0.15, 0.2) is 18.5 Å². The summed E-state index contributed by atoms with van der Waals surface area (Å²) >= 11 is 0. The lowest BCUT2D eigenvalue weighted by Crippen LogP contribution is -2.50. The van der Waals surface area contributed by atoms with E-state index in [-0.39, 0.29) is 0 Å². The topological polar surface area (TPSA) is 56.7 Å². The van der Waals surface area contributed by atoms with Crippen LogP contribution >= 0.6 is 0 Å². The Balaban J connectivity index is 1.85. The molecule has 5 heteroatoms. The predicted octanol–water partition coefficient (Wildman–Crippen LogP) is 1.06. The van der Waals surface area contributed by atoms with Crippen molar-refractivity contribution in [1.82, 2.24) is 9.88 Å². The van der Waals surface area contributed by atoms with Crippen LogP contribution < -0.4 is 4.90 Å². The molecule has 2 fully saturated rings. The van der Waals surface area contributed by atoms with Gasteiger partial charge in [0.15, 0.2) is 0 Å². The van der Waals surface area contributed by atoms with E-state index in [9.17, 15) is 9.90 Å². The minimum absolute atomic E-state index is 0.309. The van der Waals surface area contributed by atoms with E-state index >= 15 is 0 Å². The fourth-order valence-corrected chi connectivity index (χ4v) is 3.04. The lowest BCUT2D eigenvalue weighted by atomic mass is 10.1. The largest absolute Gasteiger partial charge is 0.478 e. The predicted molar refractivity (Wildman–Crippen MR) is 68.0 cm³/mol. The van der Waals surface area contributed by atoms with Gasteiger partial charge >= 0.3 is 5.97 Å². The Morgan fingerprint density at radius 2 is 2.28 bits per heavy atom. The van der Waals surface area contributed by atoms with Crippen LogP contribution in [0.4, 0.5) is 5.69 Å². The fourth-order valence-electron chi connectivity index (χ4n) is 3.04. The molecule has 2 aliphatic rings. The molecular formula is C13H17N3O2. The second-order valence-electron chi connectivity index (χ2n) is 4.98. The van der Waals surface area contributed by atoms with Crippen molar-refractivity contribution in [2.45, 2.75) is 18.9 Å². The molecule has 0 spiro atoms. The first kappa shape index (κ1) is 11.5. The number of carboxylic acid groups (broad SMARTS) is 1. The smallest absolute Gasteiger partial charge is 0.339 e. The van der Waals surface area contributed by atoms with Crippen molar-refractivity contribution in [1.29, 1.82) is 0 Å². The number of aromatic nitrogens is 1. The second kappa shape index (κ2) is 4.57. The van der Waals surface area contributed by atoms with E-state index in [2.05, 4.69) is 14.8 Å². The van der Waals surface area contributed by atoms with Crippen LogP contribution in [0.2, 0.25) is 0 Å². The van der Waals surface area contributed by atoms with Crippen LogP contribution in [0.5, 0.6) is 0 Å². The van der Waals surface area contributed by atoms with Gasteiger partial charge in [-0.05, 0) is 25.5 Å². The molecule has 1 N–H and O–H groups in total. The molecular weight excluding hydrogens is 230 g/mol. The van der Waals surface area contributed by atoms with E-state index in [0.29, 0.717) is 11.6 Å². The number of carbonyl (C=O) groups is 1. The quantitative estimate of drug-likeness (QED) is 0.847. The zero-order valence-electron chi connectivity index (χ0n) is 10.2. The van der Waals surface area contributed by atoms with Crippen LogP contribution in [0.3, 0.4) is 0 Å². The van der Waals surface area contributed by atoms with Gasteiger partial charge in [-0.25, -0.2) is 4.79 Å². The van der Waals surface area contributed by atoms with Crippen LogP contribution in [0.25, 0.3) is 0 Å². The Hall–Kier alpha value is -1.62. The molecule has 0 aliphatic carbocycles. The molecule has 3 heterocycles. The van der Waals surface area contributed by atoms with Gasteiger partial charge in [-0.15, -0.1) is 0 Å². The normalized spacial score (nSPS) is 24.0. The van der Waals surface area contributed by atoms with Crippen LogP contribution in [0.1, 0.15) is 23.2 Å².